The Morgan fingerprint density at radius 3 is 1.82 bits per heavy atom. The number of aliphatic hydroxyl groups excluding tert-OH is 1. The van der Waals surface area contributed by atoms with Gasteiger partial charge in [-0.15, -0.1) is 0 Å². The maximum Gasteiger partial charge on any atom is 0.178 e. The highest BCUT2D eigenvalue weighted by Gasteiger charge is 2.11. The van der Waals surface area contributed by atoms with Gasteiger partial charge >= 0.3 is 0 Å². The minimum absolute atomic E-state index is 0.119. The zero-order valence-electron chi connectivity index (χ0n) is 8.77. The molecule has 0 aliphatic rings. The second kappa shape index (κ2) is 4.61. The lowest BCUT2D eigenvalue weighted by Crippen LogP contribution is -1.95. The molecule has 4 heteroatoms. The summed E-state index contributed by atoms with van der Waals surface area (Å²) in [5.41, 5.74) is 0.502. The van der Waals surface area contributed by atoms with E-state index in [1.54, 1.807) is 0 Å². The van der Waals surface area contributed by atoms with Gasteiger partial charge in [0.25, 0.3) is 0 Å². The summed E-state index contributed by atoms with van der Waals surface area (Å²) in [6, 6.07) is 9.34. The largest absolute Gasteiger partial charge is 0.364 e. The molecule has 0 aliphatic heterocycles. The summed E-state index contributed by atoms with van der Waals surface area (Å²) in [6.45, 7) is 0. The number of hydrogen-bond donors (Lipinski definition) is 2. The van der Waals surface area contributed by atoms with Crippen LogP contribution in [0.25, 0.3) is 11.1 Å². The summed E-state index contributed by atoms with van der Waals surface area (Å²) in [5.74, 6) is -1.30. The molecule has 2 aromatic rings. The molecule has 0 bridgehead atoms. The quantitative estimate of drug-likeness (QED) is 0.787. The SMILES string of the molecule is OC(O)c1ccc(-c2c(F)cccc2F)cc1. The monoisotopic (exact) mass is 236 g/mol. The van der Waals surface area contributed by atoms with E-state index >= 15 is 0 Å². The fraction of sp³-hybridized carbons (Fsp3) is 0.0769. The highest BCUT2D eigenvalue weighted by atomic mass is 19.1. The van der Waals surface area contributed by atoms with Crippen molar-refractivity contribution in [2.45, 2.75) is 6.29 Å². The van der Waals surface area contributed by atoms with Crippen molar-refractivity contribution in [3.8, 4) is 11.1 Å². The molecule has 0 saturated carbocycles. The Hall–Kier alpha value is -1.78. The molecule has 0 heterocycles. The summed E-state index contributed by atoms with van der Waals surface area (Å²) < 4.78 is 26.9. The molecule has 0 amide bonds. The van der Waals surface area contributed by atoms with E-state index in [0.717, 1.165) is 0 Å². The first-order valence-corrected chi connectivity index (χ1v) is 5.00. The van der Waals surface area contributed by atoms with E-state index in [4.69, 9.17) is 10.2 Å². The van der Waals surface area contributed by atoms with Crippen LogP contribution in [0.1, 0.15) is 11.9 Å². The van der Waals surface area contributed by atoms with Crippen LogP contribution in [-0.2, 0) is 0 Å². The third-order valence-corrected chi connectivity index (χ3v) is 2.46. The van der Waals surface area contributed by atoms with Crippen molar-refractivity contribution < 1.29 is 19.0 Å². The predicted molar refractivity (Wildman–Crippen MR) is 59.0 cm³/mol. The zero-order chi connectivity index (χ0) is 12.4. The third-order valence-electron chi connectivity index (χ3n) is 2.46. The molecular weight excluding hydrogens is 226 g/mol. The number of benzene rings is 2. The number of hydrogen-bond acceptors (Lipinski definition) is 2. The summed E-state index contributed by atoms with van der Waals surface area (Å²) in [7, 11) is 0. The van der Waals surface area contributed by atoms with E-state index in [1.165, 1.54) is 42.5 Å². The maximum absolute atomic E-state index is 13.5. The predicted octanol–water partition coefficient (Wildman–Crippen LogP) is 2.62. The Balaban J connectivity index is 2.47. The zero-order valence-corrected chi connectivity index (χ0v) is 8.77. The van der Waals surface area contributed by atoms with Gasteiger partial charge in [-0.25, -0.2) is 8.78 Å². The minimum atomic E-state index is -1.59. The molecule has 0 unspecified atom stereocenters. The lowest BCUT2D eigenvalue weighted by Gasteiger charge is -2.07. The topological polar surface area (TPSA) is 40.5 Å². The summed E-state index contributed by atoms with van der Waals surface area (Å²) in [4.78, 5) is 0. The van der Waals surface area contributed by atoms with E-state index in [2.05, 4.69) is 0 Å². The Kier molecular flexibility index (Phi) is 3.17. The molecule has 0 saturated heterocycles. The van der Waals surface area contributed by atoms with Crippen LogP contribution in [0.15, 0.2) is 42.5 Å². The Morgan fingerprint density at radius 2 is 1.35 bits per heavy atom. The van der Waals surface area contributed by atoms with Crippen molar-refractivity contribution in [1.82, 2.24) is 0 Å². The van der Waals surface area contributed by atoms with Crippen LogP contribution in [0.2, 0.25) is 0 Å². The van der Waals surface area contributed by atoms with Crippen LogP contribution in [0, 0.1) is 11.6 Å². The van der Waals surface area contributed by atoms with Crippen LogP contribution < -0.4 is 0 Å². The van der Waals surface area contributed by atoms with Crippen LogP contribution in [-0.4, -0.2) is 10.2 Å². The molecule has 2 rings (SSSR count). The van der Waals surface area contributed by atoms with E-state index < -0.39 is 17.9 Å². The first-order chi connectivity index (χ1) is 8.09. The Morgan fingerprint density at radius 1 is 0.824 bits per heavy atom. The van der Waals surface area contributed by atoms with Crippen molar-refractivity contribution in [2.24, 2.45) is 0 Å². The van der Waals surface area contributed by atoms with Gasteiger partial charge < -0.3 is 10.2 Å². The molecule has 0 spiro atoms. The molecule has 88 valence electrons. The number of halogens is 2. The smallest absolute Gasteiger partial charge is 0.178 e. The van der Waals surface area contributed by atoms with Crippen LogP contribution in [0.5, 0.6) is 0 Å². The second-order valence-corrected chi connectivity index (χ2v) is 3.59. The molecule has 0 atom stereocenters. The normalized spacial score (nSPS) is 10.9. The molecule has 0 radical (unpaired) electrons. The molecule has 0 aromatic heterocycles. The minimum Gasteiger partial charge on any atom is -0.364 e. The highest BCUT2D eigenvalue weighted by molar-refractivity contribution is 5.65. The maximum atomic E-state index is 13.5. The van der Waals surface area contributed by atoms with Gasteiger partial charge in [-0.05, 0) is 17.7 Å². The molecular formula is C13H10F2O2. The van der Waals surface area contributed by atoms with E-state index in [0.29, 0.717) is 5.56 Å². The molecule has 17 heavy (non-hydrogen) atoms. The average Bonchev–Trinajstić information content (AvgIpc) is 2.29. The van der Waals surface area contributed by atoms with Crippen molar-refractivity contribution in [2.75, 3.05) is 0 Å². The van der Waals surface area contributed by atoms with Gasteiger partial charge in [0.2, 0.25) is 0 Å². The van der Waals surface area contributed by atoms with Crippen LogP contribution in [0.3, 0.4) is 0 Å². The van der Waals surface area contributed by atoms with E-state index in [9.17, 15) is 8.78 Å². The lowest BCUT2D eigenvalue weighted by atomic mass is 10.0. The first-order valence-electron chi connectivity index (χ1n) is 5.00. The Labute approximate surface area is 96.8 Å². The van der Waals surface area contributed by atoms with Crippen molar-refractivity contribution in [3.63, 3.8) is 0 Å². The van der Waals surface area contributed by atoms with Gasteiger partial charge in [-0.1, -0.05) is 30.3 Å². The third kappa shape index (κ3) is 2.33. The van der Waals surface area contributed by atoms with Gasteiger partial charge in [0.05, 0.1) is 5.56 Å². The lowest BCUT2D eigenvalue weighted by molar-refractivity contribution is -0.0424. The van der Waals surface area contributed by atoms with Gasteiger partial charge in [-0.3, -0.25) is 0 Å². The summed E-state index contributed by atoms with van der Waals surface area (Å²) in [5, 5.41) is 17.8. The van der Waals surface area contributed by atoms with Crippen molar-refractivity contribution >= 4 is 0 Å². The van der Waals surface area contributed by atoms with Gasteiger partial charge in [0.1, 0.15) is 11.6 Å². The fourth-order valence-electron chi connectivity index (χ4n) is 1.60. The standard InChI is InChI=1S/C13H10F2O2/c14-10-2-1-3-11(15)12(10)8-4-6-9(7-5-8)13(16)17/h1-7,13,16-17H. The summed E-state index contributed by atoms with van der Waals surface area (Å²) >= 11 is 0. The van der Waals surface area contributed by atoms with Crippen LogP contribution in [0.4, 0.5) is 8.78 Å². The first kappa shape index (κ1) is 11.7. The second-order valence-electron chi connectivity index (χ2n) is 3.59. The molecule has 2 aromatic carbocycles. The van der Waals surface area contributed by atoms with Crippen LogP contribution >= 0.6 is 0 Å². The number of rotatable bonds is 2. The van der Waals surface area contributed by atoms with Crippen molar-refractivity contribution in [3.05, 3.63) is 59.7 Å². The number of aliphatic hydroxyl groups is 2. The molecule has 0 fully saturated rings. The van der Waals surface area contributed by atoms with E-state index in [-0.39, 0.29) is 11.1 Å². The van der Waals surface area contributed by atoms with Crippen molar-refractivity contribution in [1.29, 1.82) is 0 Å². The van der Waals surface area contributed by atoms with Gasteiger partial charge in [0, 0.05) is 5.56 Å². The van der Waals surface area contributed by atoms with Gasteiger partial charge in [0.15, 0.2) is 6.29 Å². The summed E-state index contributed by atoms with van der Waals surface area (Å²) in [6.07, 6.45) is -1.59. The average molecular weight is 236 g/mol. The molecule has 2 nitrogen and oxygen atoms in total. The van der Waals surface area contributed by atoms with Gasteiger partial charge in [-0.2, -0.15) is 0 Å². The van der Waals surface area contributed by atoms with E-state index in [1.807, 2.05) is 0 Å². The Bertz CT molecular complexity index is 501. The molecule has 0 aliphatic carbocycles. The molecule has 2 N–H and O–H groups in total. The fourth-order valence-corrected chi connectivity index (χ4v) is 1.60. The highest BCUT2D eigenvalue weighted by Crippen LogP contribution is 2.26.